The lowest BCUT2D eigenvalue weighted by molar-refractivity contribution is 1.60. The summed E-state index contributed by atoms with van der Waals surface area (Å²) in [7, 11) is 1.95. The number of benzene rings is 1. The summed E-state index contributed by atoms with van der Waals surface area (Å²) < 4.78 is 1.34. The first-order valence-electron chi connectivity index (χ1n) is 3.56. The zero-order chi connectivity index (χ0) is 7.68. The minimum absolute atomic E-state index is 1.23. The third kappa shape index (κ3) is 1.10. The van der Waals surface area contributed by atoms with Crippen LogP contribution in [0.2, 0.25) is 0 Å². The number of anilines is 1. The summed E-state index contributed by atoms with van der Waals surface area (Å²) in [6.45, 7) is 0. The van der Waals surface area contributed by atoms with Crippen LogP contribution in [0.5, 0.6) is 0 Å². The summed E-state index contributed by atoms with van der Waals surface area (Å²) in [6, 6.07) is 10.6. The first kappa shape index (κ1) is 6.68. The van der Waals surface area contributed by atoms with Gasteiger partial charge in [-0.05, 0) is 17.5 Å². The molecule has 1 heterocycles. The van der Waals surface area contributed by atoms with Crippen molar-refractivity contribution in [2.75, 3.05) is 12.4 Å². The van der Waals surface area contributed by atoms with Crippen LogP contribution in [0.25, 0.3) is 10.1 Å². The van der Waals surface area contributed by atoms with E-state index >= 15 is 0 Å². The van der Waals surface area contributed by atoms with Crippen molar-refractivity contribution in [3.05, 3.63) is 30.3 Å². The van der Waals surface area contributed by atoms with E-state index in [9.17, 15) is 0 Å². The number of rotatable bonds is 1. The molecule has 1 aromatic heterocycles. The SMILES string of the molecule is CNc1cc2ccccc2s1. The molecule has 0 spiro atoms. The maximum Gasteiger partial charge on any atom is 0.0892 e. The fraction of sp³-hybridized carbons (Fsp3) is 0.111. The molecular weight excluding hydrogens is 154 g/mol. The second kappa shape index (κ2) is 2.55. The van der Waals surface area contributed by atoms with Crippen molar-refractivity contribution in [3.8, 4) is 0 Å². The van der Waals surface area contributed by atoms with Crippen LogP contribution in [0.3, 0.4) is 0 Å². The number of hydrogen-bond donors (Lipinski definition) is 1. The van der Waals surface area contributed by atoms with Gasteiger partial charge in [-0.2, -0.15) is 0 Å². The highest BCUT2D eigenvalue weighted by Gasteiger charge is 1.96. The fourth-order valence-electron chi connectivity index (χ4n) is 1.11. The molecule has 0 fully saturated rings. The Bertz CT molecular complexity index is 331. The molecule has 2 rings (SSSR count). The molecule has 0 aliphatic carbocycles. The normalized spacial score (nSPS) is 10.3. The van der Waals surface area contributed by atoms with E-state index < -0.39 is 0 Å². The van der Waals surface area contributed by atoms with Crippen LogP contribution >= 0.6 is 11.3 Å². The Hall–Kier alpha value is -1.02. The molecule has 2 aromatic rings. The van der Waals surface area contributed by atoms with Crippen molar-refractivity contribution in [1.29, 1.82) is 0 Å². The Balaban J connectivity index is 2.69. The van der Waals surface area contributed by atoms with Gasteiger partial charge in [0.1, 0.15) is 0 Å². The first-order chi connectivity index (χ1) is 5.40. The van der Waals surface area contributed by atoms with Crippen molar-refractivity contribution in [1.82, 2.24) is 0 Å². The summed E-state index contributed by atoms with van der Waals surface area (Å²) in [4.78, 5) is 0. The average Bonchev–Trinajstić information content (AvgIpc) is 2.46. The average molecular weight is 163 g/mol. The monoisotopic (exact) mass is 163 g/mol. The van der Waals surface area contributed by atoms with Gasteiger partial charge >= 0.3 is 0 Å². The highest BCUT2D eigenvalue weighted by atomic mass is 32.1. The number of hydrogen-bond acceptors (Lipinski definition) is 2. The minimum Gasteiger partial charge on any atom is -0.380 e. The smallest absolute Gasteiger partial charge is 0.0892 e. The lowest BCUT2D eigenvalue weighted by atomic mass is 10.3. The third-order valence-corrected chi connectivity index (χ3v) is 2.81. The second-order valence-corrected chi connectivity index (χ2v) is 3.48. The molecule has 1 nitrogen and oxygen atoms in total. The van der Waals surface area contributed by atoms with Crippen LogP contribution in [-0.4, -0.2) is 7.05 Å². The number of thiophene rings is 1. The summed E-state index contributed by atoms with van der Waals surface area (Å²) in [6.07, 6.45) is 0. The van der Waals surface area contributed by atoms with Crippen LogP contribution in [0.1, 0.15) is 0 Å². The van der Waals surface area contributed by atoms with Crippen molar-refractivity contribution in [2.45, 2.75) is 0 Å². The predicted molar refractivity (Wildman–Crippen MR) is 51.4 cm³/mol. The molecule has 0 bridgehead atoms. The zero-order valence-electron chi connectivity index (χ0n) is 6.29. The van der Waals surface area contributed by atoms with Crippen molar-refractivity contribution < 1.29 is 0 Å². The van der Waals surface area contributed by atoms with E-state index in [0.29, 0.717) is 0 Å². The van der Waals surface area contributed by atoms with Crippen LogP contribution in [0, 0.1) is 0 Å². The molecule has 0 aliphatic rings. The molecule has 0 amide bonds. The maximum atomic E-state index is 3.13. The molecule has 0 radical (unpaired) electrons. The molecule has 0 saturated heterocycles. The van der Waals surface area contributed by atoms with Crippen molar-refractivity contribution in [2.24, 2.45) is 0 Å². The summed E-state index contributed by atoms with van der Waals surface area (Å²) in [5.74, 6) is 0. The van der Waals surface area contributed by atoms with E-state index in [1.165, 1.54) is 15.1 Å². The Morgan fingerprint density at radius 2 is 2.09 bits per heavy atom. The van der Waals surface area contributed by atoms with E-state index in [2.05, 4.69) is 35.6 Å². The van der Waals surface area contributed by atoms with Crippen LogP contribution < -0.4 is 5.32 Å². The molecule has 0 saturated carbocycles. The molecule has 0 unspecified atom stereocenters. The van der Waals surface area contributed by atoms with E-state index in [4.69, 9.17) is 0 Å². The molecule has 1 aromatic carbocycles. The summed E-state index contributed by atoms with van der Waals surface area (Å²) >= 11 is 1.79. The first-order valence-corrected chi connectivity index (χ1v) is 4.38. The van der Waals surface area contributed by atoms with Gasteiger partial charge in [-0.15, -0.1) is 11.3 Å². The predicted octanol–water partition coefficient (Wildman–Crippen LogP) is 2.94. The van der Waals surface area contributed by atoms with Crippen molar-refractivity contribution >= 4 is 26.4 Å². The number of fused-ring (bicyclic) bond motifs is 1. The maximum absolute atomic E-state index is 3.13. The Morgan fingerprint density at radius 3 is 2.82 bits per heavy atom. The topological polar surface area (TPSA) is 12.0 Å². The Kier molecular flexibility index (Phi) is 1.55. The van der Waals surface area contributed by atoms with Crippen LogP contribution in [0.4, 0.5) is 5.00 Å². The molecule has 0 atom stereocenters. The molecule has 2 heteroatoms. The Labute approximate surface area is 69.7 Å². The van der Waals surface area contributed by atoms with E-state index in [1.54, 1.807) is 11.3 Å². The third-order valence-electron chi connectivity index (χ3n) is 1.67. The van der Waals surface area contributed by atoms with Gasteiger partial charge in [-0.25, -0.2) is 0 Å². The van der Waals surface area contributed by atoms with Gasteiger partial charge in [0.2, 0.25) is 0 Å². The Morgan fingerprint density at radius 1 is 1.27 bits per heavy atom. The van der Waals surface area contributed by atoms with Gasteiger partial charge in [0.25, 0.3) is 0 Å². The molecule has 11 heavy (non-hydrogen) atoms. The number of nitrogens with one attached hydrogen (secondary N) is 1. The van der Waals surface area contributed by atoms with E-state index in [-0.39, 0.29) is 0 Å². The lowest BCUT2D eigenvalue weighted by Crippen LogP contribution is -1.79. The van der Waals surface area contributed by atoms with Gasteiger partial charge in [-0.1, -0.05) is 18.2 Å². The molecule has 0 aliphatic heterocycles. The molecule has 56 valence electrons. The van der Waals surface area contributed by atoms with Gasteiger partial charge in [-0.3, -0.25) is 0 Å². The van der Waals surface area contributed by atoms with E-state index in [1.807, 2.05) is 7.05 Å². The largest absolute Gasteiger partial charge is 0.380 e. The fourth-order valence-corrected chi connectivity index (χ4v) is 2.02. The summed E-state index contributed by atoms with van der Waals surface area (Å²) in [5.41, 5.74) is 0. The van der Waals surface area contributed by atoms with Gasteiger partial charge < -0.3 is 5.32 Å². The molecule has 1 N–H and O–H groups in total. The van der Waals surface area contributed by atoms with Gasteiger partial charge in [0, 0.05) is 11.7 Å². The minimum atomic E-state index is 1.23. The lowest BCUT2D eigenvalue weighted by Gasteiger charge is -1.86. The van der Waals surface area contributed by atoms with Crippen molar-refractivity contribution in [3.63, 3.8) is 0 Å². The highest BCUT2D eigenvalue weighted by molar-refractivity contribution is 7.22. The van der Waals surface area contributed by atoms with Crippen LogP contribution in [-0.2, 0) is 0 Å². The summed E-state index contributed by atoms with van der Waals surface area (Å²) in [5, 5.41) is 5.68. The standard InChI is InChI=1S/C9H9NS/c1-10-9-6-7-4-2-3-5-8(7)11-9/h2-6,10H,1H3. The highest BCUT2D eigenvalue weighted by Crippen LogP contribution is 2.28. The van der Waals surface area contributed by atoms with E-state index in [0.717, 1.165) is 0 Å². The van der Waals surface area contributed by atoms with Gasteiger partial charge in [0.05, 0.1) is 5.00 Å². The molecular formula is C9H9NS. The quantitative estimate of drug-likeness (QED) is 0.681. The van der Waals surface area contributed by atoms with Crippen LogP contribution in [0.15, 0.2) is 30.3 Å². The van der Waals surface area contributed by atoms with Gasteiger partial charge in [0.15, 0.2) is 0 Å². The second-order valence-electron chi connectivity index (χ2n) is 2.40. The zero-order valence-corrected chi connectivity index (χ0v) is 7.11.